The van der Waals surface area contributed by atoms with E-state index in [1.54, 1.807) is 18.7 Å². The van der Waals surface area contributed by atoms with Gasteiger partial charge in [-0.2, -0.15) is 10.2 Å². The van der Waals surface area contributed by atoms with Crippen molar-refractivity contribution < 1.29 is 4.42 Å². The highest BCUT2D eigenvalue weighted by Crippen LogP contribution is 2.20. The monoisotopic (exact) mass is 203 g/mol. The zero-order valence-electron chi connectivity index (χ0n) is 8.55. The molecule has 0 aromatic carbocycles. The van der Waals surface area contributed by atoms with Crippen LogP contribution in [0.25, 0.3) is 0 Å². The van der Waals surface area contributed by atoms with Crippen molar-refractivity contribution in [1.29, 1.82) is 0 Å². The van der Waals surface area contributed by atoms with Crippen LogP contribution in [0.15, 0.2) is 41.3 Å². The summed E-state index contributed by atoms with van der Waals surface area (Å²) in [5, 5.41) is 11.0. The highest BCUT2D eigenvalue weighted by atomic mass is 16.3. The molecule has 4 heteroatoms. The molecule has 0 saturated heterocycles. The maximum atomic E-state index is 5.39. The summed E-state index contributed by atoms with van der Waals surface area (Å²) in [5.41, 5.74) is 1.06. The van der Waals surface area contributed by atoms with Gasteiger partial charge in [-0.25, -0.2) is 0 Å². The fraction of sp³-hybridized carbons (Fsp3) is 0.273. The van der Waals surface area contributed by atoms with Gasteiger partial charge in [-0.05, 0) is 30.3 Å². The van der Waals surface area contributed by atoms with Crippen molar-refractivity contribution in [1.82, 2.24) is 15.5 Å². The summed E-state index contributed by atoms with van der Waals surface area (Å²) in [5.74, 6) is 0.893. The summed E-state index contributed by atoms with van der Waals surface area (Å²) in [6.45, 7) is 2.93. The van der Waals surface area contributed by atoms with Crippen LogP contribution >= 0.6 is 0 Å². The Morgan fingerprint density at radius 2 is 2.33 bits per heavy atom. The van der Waals surface area contributed by atoms with Crippen LogP contribution in [-0.2, 0) is 0 Å². The molecule has 1 N–H and O–H groups in total. The molecule has 2 aromatic heterocycles. The minimum Gasteiger partial charge on any atom is -0.467 e. The second-order valence-corrected chi connectivity index (χ2v) is 3.18. The second-order valence-electron chi connectivity index (χ2n) is 3.18. The van der Waals surface area contributed by atoms with Crippen LogP contribution in [-0.4, -0.2) is 16.7 Å². The highest BCUT2D eigenvalue weighted by Gasteiger charge is 2.15. The molecular weight excluding hydrogens is 190 g/mol. The minimum atomic E-state index is 0.0560. The number of aromatic nitrogens is 2. The first kappa shape index (κ1) is 9.86. The molecule has 2 heterocycles. The van der Waals surface area contributed by atoms with Gasteiger partial charge in [-0.1, -0.05) is 6.92 Å². The lowest BCUT2D eigenvalue weighted by molar-refractivity contribution is 0.451. The molecule has 78 valence electrons. The lowest BCUT2D eigenvalue weighted by Crippen LogP contribution is -2.21. The van der Waals surface area contributed by atoms with Gasteiger partial charge in [-0.3, -0.25) is 0 Å². The molecule has 1 unspecified atom stereocenters. The maximum Gasteiger partial charge on any atom is 0.125 e. The van der Waals surface area contributed by atoms with E-state index in [4.69, 9.17) is 4.42 Å². The Hall–Kier alpha value is -1.68. The smallest absolute Gasteiger partial charge is 0.125 e. The summed E-state index contributed by atoms with van der Waals surface area (Å²) in [6, 6.07) is 5.82. The van der Waals surface area contributed by atoms with E-state index >= 15 is 0 Å². The maximum absolute atomic E-state index is 5.39. The number of hydrogen-bond acceptors (Lipinski definition) is 4. The van der Waals surface area contributed by atoms with E-state index in [0.29, 0.717) is 0 Å². The second kappa shape index (κ2) is 4.70. The molecule has 4 nitrogen and oxygen atoms in total. The first-order chi connectivity index (χ1) is 7.42. The van der Waals surface area contributed by atoms with Gasteiger partial charge in [0.15, 0.2) is 0 Å². The van der Waals surface area contributed by atoms with Gasteiger partial charge in [0.25, 0.3) is 0 Å². The fourth-order valence-electron chi connectivity index (χ4n) is 1.51. The summed E-state index contributed by atoms with van der Waals surface area (Å²) >= 11 is 0. The van der Waals surface area contributed by atoms with Gasteiger partial charge in [0.2, 0.25) is 0 Å². The lowest BCUT2D eigenvalue weighted by atomic mass is 10.1. The van der Waals surface area contributed by atoms with Gasteiger partial charge in [0.1, 0.15) is 5.76 Å². The Labute approximate surface area is 88.3 Å². The van der Waals surface area contributed by atoms with Crippen LogP contribution < -0.4 is 5.32 Å². The Balaban J connectivity index is 2.28. The molecule has 0 aliphatic rings. The molecule has 0 aliphatic carbocycles. The number of nitrogens with zero attached hydrogens (tertiary/aromatic N) is 2. The van der Waals surface area contributed by atoms with E-state index in [0.717, 1.165) is 17.9 Å². The van der Waals surface area contributed by atoms with E-state index in [1.807, 2.05) is 18.2 Å². The van der Waals surface area contributed by atoms with Gasteiger partial charge in [0, 0.05) is 6.20 Å². The zero-order chi connectivity index (χ0) is 10.5. The molecule has 0 bridgehead atoms. The number of rotatable bonds is 4. The number of hydrogen-bond donors (Lipinski definition) is 1. The average Bonchev–Trinajstić information content (AvgIpc) is 2.80. The van der Waals surface area contributed by atoms with Crippen LogP contribution in [0.2, 0.25) is 0 Å². The van der Waals surface area contributed by atoms with Gasteiger partial charge < -0.3 is 9.73 Å². The molecule has 0 amide bonds. The van der Waals surface area contributed by atoms with E-state index in [9.17, 15) is 0 Å². The van der Waals surface area contributed by atoms with Crippen molar-refractivity contribution in [3.63, 3.8) is 0 Å². The molecule has 0 fully saturated rings. The van der Waals surface area contributed by atoms with Gasteiger partial charge >= 0.3 is 0 Å². The SMILES string of the molecule is CCNC(c1ccnnc1)c1ccco1. The Kier molecular flexibility index (Phi) is 3.09. The van der Waals surface area contributed by atoms with Gasteiger partial charge in [0.05, 0.1) is 18.5 Å². The Bertz CT molecular complexity index is 385. The third-order valence-electron chi connectivity index (χ3n) is 2.18. The minimum absolute atomic E-state index is 0.0560. The number of nitrogens with one attached hydrogen (secondary N) is 1. The first-order valence-electron chi connectivity index (χ1n) is 4.95. The Morgan fingerprint density at radius 3 is 2.93 bits per heavy atom. The van der Waals surface area contributed by atoms with E-state index in [-0.39, 0.29) is 6.04 Å². The van der Waals surface area contributed by atoms with E-state index in [2.05, 4.69) is 22.4 Å². The van der Waals surface area contributed by atoms with Crippen molar-refractivity contribution in [2.24, 2.45) is 0 Å². The molecule has 0 saturated carbocycles. The average molecular weight is 203 g/mol. The highest BCUT2D eigenvalue weighted by molar-refractivity contribution is 5.22. The topological polar surface area (TPSA) is 51.0 Å². The number of furan rings is 1. The van der Waals surface area contributed by atoms with Crippen LogP contribution in [0.4, 0.5) is 0 Å². The predicted molar refractivity (Wildman–Crippen MR) is 56.3 cm³/mol. The fourth-order valence-corrected chi connectivity index (χ4v) is 1.51. The molecule has 0 radical (unpaired) electrons. The normalized spacial score (nSPS) is 12.6. The van der Waals surface area contributed by atoms with Crippen molar-refractivity contribution in [2.75, 3.05) is 6.54 Å². The molecule has 1 atom stereocenters. The van der Waals surface area contributed by atoms with Crippen molar-refractivity contribution in [3.8, 4) is 0 Å². The molecule has 0 aliphatic heterocycles. The standard InChI is InChI=1S/C11H13N3O/c1-2-12-11(10-4-3-7-15-10)9-5-6-13-14-8-9/h3-8,11-12H,2H2,1H3. The van der Waals surface area contributed by atoms with Crippen molar-refractivity contribution >= 4 is 0 Å². The summed E-state index contributed by atoms with van der Waals surface area (Å²) < 4.78 is 5.39. The Morgan fingerprint density at radius 1 is 1.40 bits per heavy atom. The predicted octanol–water partition coefficient (Wildman–Crippen LogP) is 1.77. The van der Waals surface area contributed by atoms with Gasteiger partial charge in [-0.15, -0.1) is 0 Å². The molecule has 0 spiro atoms. The summed E-state index contributed by atoms with van der Waals surface area (Å²) in [7, 11) is 0. The molecule has 2 aromatic rings. The van der Waals surface area contributed by atoms with E-state index < -0.39 is 0 Å². The lowest BCUT2D eigenvalue weighted by Gasteiger charge is -2.14. The third kappa shape index (κ3) is 2.22. The molecule has 2 rings (SSSR count). The van der Waals surface area contributed by atoms with Crippen molar-refractivity contribution in [3.05, 3.63) is 48.2 Å². The zero-order valence-corrected chi connectivity index (χ0v) is 8.55. The van der Waals surface area contributed by atoms with Crippen molar-refractivity contribution in [2.45, 2.75) is 13.0 Å². The van der Waals surface area contributed by atoms with Crippen LogP contribution in [0, 0.1) is 0 Å². The first-order valence-corrected chi connectivity index (χ1v) is 4.95. The van der Waals surface area contributed by atoms with E-state index in [1.165, 1.54) is 0 Å². The van der Waals surface area contributed by atoms with Crippen LogP contribution in [0.1, 0.15) is 24.3 Å². The quantitative estimate of drug-likeness (QED) is 0.822. The summed E-state index contributed by atoms with van der Waals surface area (Å²) in [6.07, 6.45) is 5.10. The largest absolute Gasteiger partial charge is 0.467 e. The molecule has 15 heavy (non-hydrogen) atoms. The van der Waals surface area contributed by atoms with Crippen LogP contribution in [0.5, 0.6) is 0 Å². The third-order valence-corrected chi connectivity index (χ3v) is 2.18. The molecular formula is C11H13N3O. The van der Waals surface area contributed by atoms with Crippen LogP contribution in [0.3, 0.4) is 0 Å². The summed E-state index contributed by atoms with van der Waals surface area (Å²) in [4.78, 5) is 0.